The summed E-state index contributed by atoms with van der Waals surface area (Å²) in [7, 11) is 0. The van der Waals surface area contributed by atoms with Crippen LogP contribution in [0, 0.1) is 12.3 Å². The number of aliphatic hydroxyl groups is 1. The van der Waals surface area contributed by atoms with Gasteiger partial charge in [0.25, 0.3) is 0 Å². The van der Waals surface area contributed by atoms with Gasteiger partial charge in [-0.05, 0) is 18.2 Å². The van der Waals surface area contributed by atoms with Gasteiger partial charge in [0.05, 0.1) is 6.54 Å². The molecular weight excluding hydrogens is 308 g/mol. The molecule has 133 valence electrons. The minimum absolute atomic E-state index is 0.215. The summed E-state index contributed by atoms with van der Waals surface area (Å²) in [5.41, 5.74) is 4.27. The summed E-state index contributed by atoms with van der Waals surface area (Å²) < 4.78 is 0. The Bertz CT molecular complexity index is 669. The van der Waals surface area contributed by atoms with Gasteiger partial charge in [-0.3, -0.25) is 9.98 Å². The Kier molecular flexibility index (Phi) is 8.62. The van der Waals surface area contributed by atoms with Crippen LogP contribution in [0.15, 0.2) is 80.7 Å². The van der Waals surface area contributed by atoms with Gasteiger partial charge in [0.1, 0.15) is 5.76 Å². The van der Waals surface area contributed by atoms with Crippen LogP contribution in [0.3, 0.4) is 0 Å². The molecule has 0 fully saturated rings. The summed E-state index contributed by atoms with van der Waals surface area (Å²) in [5.74, 6) is 0.554. The van der Waals surface area contributed by atoms with Crippen molar-refractivity contribution in [2.75, 3.05) is 6.54 Å². The summed E-state index contributed by atoms with van der Waals surface area (Å²) in [4.78, 5) is 8.06. The van der Waals surface area contributed by atoms with Crippen molar-refractivity contribution >= 4 is 12.9 Å². The minimum atomic E-state index is 0.215. The number of rotatable bonds is 4. The first-order valence-corrected chi connectivity index (χ1v) is 8.69. The van der Waals surface area contributed by atoms with Crippen LogP contribution in [-0.4, -0.2) is 24.6 Å². The number of aliphatic imine (C=N–C) groups is 2. The highest BCUT2D eigenvalue weighted by molar-refractivity contribution is 5.87. The minimum Gasteiger partial charge on any atom is -0.507 e. The number of nitrogens with zero attached hydrogens (tertiary/aromatic N) is 2. The summed E-state index contributed by atoms with van der Waals surface area (Å²) >= 11 is 0. The SMILES string of the molecule is C=C/C(=C\N=C)C1=C(O)/C(=C2/C=CCN=C2)C=C(C(C)C)[CH]1.CCC. The Labute approximate surface area is 152 Å². The van der Waals surface area contributed by atoms with Gasteiger partial charge in [-0.1, -0.05) is 70.6 Å². The Hall–Kier alpha value is -2.42. The van der Waals surface area contributed by atoms with Crippen molar-refractivity contribution in [2.45, 2.75) is 34.1 Å². The zero-order valence-electron chi connectivity index (χ0n) is 15.8. The van der Waals surface area contributed by atoms with Crippen molar-refractivity contribution < 1.29 is 5.11 Å². The van der Waals surface area contributed by atoms with E-state index < -0.39 is 0 Å². The largest absolute Gasteiger partial charge is 0.507 e. The number of allylic oxidation sites excluding steroid dienone is 7. The third kappa shape index (κ3) is 5.56. The fourth-order valence-electron chi connectivity index (χ4n) is 2.35. The number of hydrogen-bond donors (Lipinski definition) is 1. The predicted octanol–water partition coefficient (Wildman–Crippen LogP) is 5.72. The molecule has 1 heterocycles. The fraction of sp³-hybridized carbons (Fsp3) is 0.318. The van der Waals surface area contributed by atoms with Gasteiger partial charge in [0, 0.05) is 35.6 Å². The molecule has 0 spiro atoms. The molecule has 1 aliphatic heterocycles. The van der Waals surface area contributed by atoms with Crippen LogP contribution in [0.2, 0.25) is 0 Å². The van der Waals surface area contributed by atoms with E-state index >= 15 is 0 Å². The van der Waals surface area contributed by atoms with E-state index in [-0.39, 0.29) is 5.76 Å². The van der Waals surface area contributed by atoms with Crippen molar-refractivity contribution in [2.24, 2.45) is 15.9 Å². The third-order valence-corrected chi connectivity index (χ3v) is 3.61. The van der Waals surface area contributed by atoms with Crippen LogP contribution < -0.4 is 0 Å². The lowest BCUT2D eigenvalue weighted by Gasteiger charge is -2.23. The van der Waals surface area contributed by atoms with E-state index in [0.717, 1.165) is 22.3 Å². The average Bonchev–Trinajstić information content (AvgIpc) is 2.61. The van der Waals surface area contributed by atoms with Gasteiger partial charge >= 0.3 is 0 Å². The number of aliphatic hydroxyl groups excluding tert-OH is 1. The molecule has 0 atom stereocenters. The molecule has 0 aromatic carbocycles. The summed E-state index contributed by atoms with van der Waals surface area (Å²) in [5, 5.41) is 10.7. The molecule has 0 unspecified atom stereocenters. The quantitative estimate of drug-likeness (QED) is 0.517. The number of hydrogen-bond acceptors (Lipinski definition) is 3. The van der Waals surface area contributed by atoms with Crippen LogP contribution in [-0.2, 0) is 0 Å². The molecule has 0 bridgehead atoms. The van der Waals surface area contributed by atoms with Crippen LogP contribution >= 0.6 is 0 Å². The van der Waals surface area contributed by atoms with Gasteiger partial charge in [-0.25, -0.2) is 0 Å². The van der Waals surface area contributed by atoms with E-state index in [2.05, 4.69) is 51.0 Å². The molecule has 1 aliphatic carbocycles. The highest BCUT2D eigenvalue weighted by atomic mass is 16.3. The Morgan fingerprint density at radius 1 is 1.40 bits per heavy atom. The molecule has 0 aromatic heterocycles. The number of dihydropyridines is 1. The van der Waals surface area contributed by atoms with Gasteiger partial charge in [0.15, 0.2) is 0 Å². The first-order chi connectivity index (χ1) is 12.0. The van der Waals surface area contributed by atoms with Gasteiger partial charge in [-0.15, -0.1) is 0 Å². The van der Waals surface area contributed by atoms with Crippen LogP contribution in [0.25, 0.3) is 0 Å². The second-order valence-corrected chi connectivity index (χ2v) is 6.15. The summed E-state index contributed by atoms with van der Waals surface area (Å²) in [6.45, 7) is 16.5. The Morgan fingerprint density at radius 2 is 2.08 bits per heavy atom. The fourth-order valence-corrected chi connectivity index (χ4v) is 2.35. The maximum atomic E-state index is 10.7. The first-order valence-electron chi connectivity index (χ1n) is 8.69. The summed E-state index contributed by atoms with van der Waals surface area (Å²) in [6.07, 6.45) is 14.3. The Balaban J connectivity index is 0.000000970. The first kappa shape index (κ1) is 20.6. The highest BCUT2D eigenvalue weighted by Crippen LogP contribution is 2.35. The lowest BCUT2D eigenvalue weighted by Crippen LogP contribution is -2.11. The second kappa shape index (κ2) is 10.4. The molecular formula is C22H29N2O. The molecule has 25 heavy (non-hydrogen) atoms. The lowest BCUT2D eigenvalue weighted by atomic mass is 9.83. The second-order valence-electron chi connectivity index (χ2n) is 6.15. The van der Waals surface area contributed by atoms with Gasteiger partial charge in [0.2, 0.25) is 0 Å². The third-order valence-electron chi connectivity index (χ3n) is 3.61. The van der Waals surface area contributed by atoms with Gasteiger partial charge in [-0.2, -0.15) is 0 Å². The molecule has 0 saturated heterocycles. The molecule has 0 saturated carbocycles. The van der Waals surface area contributed by atoms with Crippen LogP contribution in [0.4, 0.5) is 0 Å². The molecule has 2 aliphatic rings. The normalized spacial score (nSPS) is 20.2. The topological polar surface area (TPSA) is 45.0 Å². The van der Waals surface area contributed by atoms with E-state index in [1.807, 2.05) is 24.6 Å². The molecule has 0 aromatic rings. The van der Waals surface area contributed by atoms with E-state index in [0.29, 0.717) is 18.0 Å². The van der Waals surface area contributed by atoms with Crippen molar-refractivity contribution in [1.82, 2.24) is 0 Å². The smallest absolute Gasteiger partial charge is 0.127 e. The van der Waals surface area contributed by atoms with Crippen molar-refractivity contribution in [3.05, 3.63) is 77.1 Å². The zero-order valence-corrected chi connectivity index (χ0v) is 15.8. The van der Waals surface area contributed by atoms with E-state index in [4.69, 9.17) is 0 Å². The molecule has 1 radical (unpaired) electrons. The maximum Gasteiger partial charge on any atom is 0.127 e. The van der Waals surface area contributed by atoms with Crippen LogP contribution in [0.5, 0.6) is 0 Å². The molecule has 3 nitrogen and oxygen atoms in total. The highest BCUT2D eigenvalue weighted by Gasteiger charge is 2.23. The molecule has 2 rings (SSSR count). The van der Waals surface area contributed by atoms with Crippen molar-refractivity contribution in [3.8, 4) is 0 Å². The van der Waals surface area contributed by atoms with Gasteiger partial charge < -0.3 is 5.11 Å². The van der Waals surface area contributed by atoms with Crippen LogP contribution in [0.1, 0.15) is 34.1 Å². The standard InChI is InChI=1S/C19H21N2O.C3H8/c1-5-14(11-20-4)17-9-16(13(2)3)10-18(19(17)22)15-7-6-8-21-12-15;1-3-2/h5-7,9-13,22H,1,4,8H2,2-3H3;3H2,1-2H3/b14-11+,18-15-;. The predicted molar refractivity (Wildman–Crippen MR) is 110 cm³/mol. The van der Waals surface area contributed by atoms with Crippen molar-refractivity contribution in [3.63, 3.8) is 0 Å². The molecule has 1 N–H and O–H groups in total. The van der Waals surface area contributed by atoms with E-state index in [9.17, 15) is 5.11 Å². The summed E-state index contributed by atoms with van der Waals surface area (Å²) in [6, 6.07) is 0. The molecule has 3 heteroatoms. The lowest BCUT2D eigenvalue weighted by molar-refractivity contribution is 0.419. The van der Waals surface area contributed by atoms with Crippen molar-refractivity contribution in [1.29, 1.82) is 0 Å². The Morgan fingerprint density at radius 3 is 2.56 bits per heavy atom. The van der Waals surface area contributed by atoms with E-state index in [1.54, 1.807) is 18.5 Å². The monoisotopic (exact) mass is 337 g/mol. The average molecular weight is 337 g/mol. The maximum absolute atomic E-state index is 10.7. The molecule has 0 amide bonds. The van der Waals surface area contributed by atoms with E-state index in [1.165, 1.54) is 6.42 Å². The zero-order chi connectivity index (χ0) is 18.8.